The van der Waals surface area contributed by atoms with Crippen LogP contribution in [0.3, 0.4) is 0 Å². The fourth-order valence-electron chi connectivity index (χ4n) is 3.94. The summed E-state index contributed by atoms with van der Waals surface area (Å²) in [6.45, 7) is 6.60. The number of likely N-dealkylation sites (tertiary alicyclic amines) is 1. The Balaban J connectivity index is 0.00000264. The molecule has 24 heavy (non-hydrogen) atoms. The van der Waals surface area contributed by atoms with Gasteiger partial charge in [-0.3, -0.25) is 4.79 Å². The summed E-state index contributed by atoms with van der Waals surface area (Å²) in [5, 5.41) is 3.46. The zero-order valence-electron chi connectivity index (χ0n) is 15.6. The molecule has 0 saturated carbocycles. The lowest BCUT2D eigenvalue weighted by Gasteiger charge is -2.34. The minimum Gasteiger partial charge on any atom is -0.346 e. The molecule has 2 rings (SSSR count). The quantitative estimate of drug-likeness (QED) is 0.766. The summed E-state index contributed by atoms with van der Waals surface area (Å²) in [5.41, 5.74) is 0. The molecular weight excluding hydrogens is 345 g/mol. The zero-order valence-corrected chi connectivity index (χ0v) is 17.3. The highest BCUT2D eigenvalue weighted by molar-refractivity contribution is 5.85. The van der Waals surface area contributed by atoms with Crippen molar-refractivity contribution in [2.75, 3.05) is 40.3 Å². The smallest absolute Gasteiger partial charge is 0.222 e. The highest BCUT2D eigenvalue weighted by Gasteiger charge is 2.24. The van der Waals surface area contributed by atoms with Crippen LogP contribution in [0, 0.1) is 11.8 Å². The minimum absolute atomic E-state index is 0. The molecule has 2 heterocycles. The lowest BCUT2D eigenvalue weighted by atomic mass is 9.85. The van der Waals surface area contributed by atoms with E-state index in [0.29, 0.717) is 30.2 Å². The van der Waals surface area contributed by atoms with E-state index in [4.69, 9.17) is 0 Å². The number of amides is 1. The molecule has 0 aliphatic carbocycles. The molecule has 2 fully saturated rings. The maximum absolute atomic E-state index is 12.4. The van der Waals surface area contributed by atoms with E-state index in [2.05, 4.69) is 24.2 Å². The zero-order chi connectivity index (χ0) is 15.9. The van der Waals surface area contributed by atoms with Crippen molar-refractivity contribution in [3.63, 3.8) is 0 Å². The Morgan fingerprint density at radius 1 is 1.25 bits per heavy atom. The Hall–Kier alpha value is -0.0300. The normalized spacial score (nSPS) is 26.0. The van der Waals surface area contributed by atoms with E-state index in [-0.39, 0.29) is 24.8 Å². The number of nitrogens with one attached hydrogen (secondary N) is 1. The molecule has 0 radical (unpaired) electrons. The van der Waals surface area contributed by atoms with Crippen molar-refractivity contribution < 1.29 is 4.79 Å². The number of halogens is 2. The Morgan fingerprint density at radius 2 is 2.00 bits per heavy atom. The second kappa shape index (κ2) is 12.3. The monoisotopic (exact) mass is 381 g/mol. The first-order valence-corrected chi connectivity index (χ1v) is 9.23. The summed E-state index contributed by atoms with van der Waals surface area (Å²) in [7, 11) is 4.21. The van der Waals surface area contributed by atoms with Crippen LogP contribution in [0.4, 0.5) is 0 Å². The standard InChI is InChI=1S/C18H35N3O.2ClH/c1-15(16-7-6-10-19-14-16)13-18(22)21(3)12-9-17-8-4-5-11-20(17)2;;/h15-17,19H,4-14H2,1-3H3;2*1H. The number of carbonyl (C=O) groups excluding carboxylic acids is 1. The summed E-state index contributed by atoms with van der Waals surface area (Å²) < 4.78 is 0. The van der Waals surface area contributed by atoms with Gasteiger partial charge in [-0.25, -0.2) is 0 Å². The molecule has 0 aromatic rings. The molecule has 2 aliphatic heterocycles. The maximum atomic E-state index is 12.4. The number of piperidine rings is 2. The van der Waals surface area contributed by atoms with Crippen LogP contribution in [-0.2, 0) is 4.79 Å². The lowest BCUT2D eigenvalue weighted by molar-refractivity contribution is -0.131. The van der Waals surface area contributed by atoms with Gasteiger partial charge in [0.25, 0.3) is 0 Å². The molecule has 1 amide bonds. The first kappa shape index (κ1) is 24.0. The van der Waals surface area contributed by atoms with Crippen molar-refractivity contribution in [1.82, 2.24) is 15.1 Å². The molecule has 3 atom stereocenters. The Bertz CT molecular complexity index is 351. The molecule has 6 heteroatoms. The number of hydrogen-bond acceptors (Lipinski definition) is 3. The molecule has 2 aliphatic rings. The Kier molecular flexibility index (Phi) is 12.3. The van der Waals surface area contributed by atoms with E-state index < -0.39 is 0 Å². The van der Waals surface area contributed by atoms with Gasteiger partial charge in [0, 0.05) is 26.1 Å². The number of hydrogen-bond donors (Lipinski definition) is 1. The van der Waals surface area contributed by atoms with E-state index in [9.17, 15) is 4.79 Å². The second-order valence-corrected chi connectivity index (χ2v) is 7.52. The van der Waals surface area contributed by atoms with Crippen molar-refractivity contribution in [3.8, 4) is 0 Å². The van der Waals surface area contributed by atoms with E-state index in [0.717, 1.165) is 26.1 Å². The molecule has 2 saturated heterocycles. The molecule has 0 aromatic heterocycles. The topological polar surface area (TPSA) is 35.6 Å². The van der Waals surface area contributed by atoms with Crippen LogP contribution in [0.15, 0.2) is 0 Å². The van der Waals surface area contributed by atoms with Crippen molar-refractivity contribution >= 4 is 30.7 Å². The molecule has 0 aromatic carbocycles. The van der Waals surface area contributed by atoms with Gasteiger partial charge in [0.05, 0.1) is 0 Å². The number of nitrogens with zero attached hydrogens (tertiary/aromatic N) is 2. The second-order valence-electron chi connectivity index (χ2n) is 7.52. The molecule has 1 N–H and O–H groups in total. The van der Waals surface area contributed by atoms with Crippen LogP contribution in [-0.4, -0.2) is 62.0 Å². The highest BCUT2D eigenvalue weighted by atomic mass is 35.5. The largest absolute Gasteiger partial charge is 0.346 e. The summed E-state index contributed by atoms with van der Waals surface area (Å²) in [4.78, 5) is 16.9. The summed E-state index contributed by atoms with van der Waals surface area (Å²) >= 11 is 0. The van der Waals surface area contributed by atoms with Crippen LogP contribution >= 0.6 is 24.8 Å². The summed E-state index contributed by atoms with van der Waals surface area (Å²) in [5.74, 6) is 1.51. The van der Waals surface area contributed by atoms with Crippen LogP contribution in [0.2, 0.25) is 0 Å². The van der Waals surface area contributed by atoms with Gasteiger partial charge in [0.1, 0.15) is 0 Å². The predicted molar refractivity (Wildman–Crippen MR) is 106 cm³/mol. The van der Waals surface area contributed by atoms with Gasteiger partial charge in [0.2, 0.25) is 5.91 Å². The average molecular weight is 382 g/mol. The van der Waals surface area contributed by atoms with Gasteiger partial charge < -0.3 is 15.1 Å². The van der Waals surface area contributed by atoms with E-state index in [1.165, 1.54) is 38.6 Å². The maximum Gasteiger partial charge on any atom is 0.222 e. The average Bonchev–Trinajstić information content (AvgIpc) is 2.54. The number of rotatable bonds is 6. The lowest BCUT2D eigenvalue weighted by Crippen LogP contribution is -2.40. The van der Waals surface area contributed by atoms with Gasteiger partial charge >= 0.3 is 0 Å². The van der Waals surface area contributed by atoms with Crippen molar-refractivity contribution in [1.29, 1.82) is 0 Å². The first-order valence-electron chi connectivity index (χ1n) is 9.23. The summed E-state index contributed by atoms with van der Waals surface area (Å²) in [6.07, 6.45) is 8.34. The van der Waals surface area contributed by atoms with Gasteiger partial charge in [-0.1, -0.05) is 13.3 Å². The van der Waals surface area contributed by atoms with Crippen molar-refractivity contribution in [2.45, 2.75) is 57.9 Å². The van der Waals surface area contributed by atoms with Gasteiger partial charge in [-0.15, -0.1) is 24.8 Å². The number of carbonyl (C=O) groups is 1. The van der Waals surface area contributed by atoms with Crippen LogP contribution in [0.25, 0.3) is 0 Å². The van der Waals surface area contributed by atoms with Crippen LogP contribution in [0.5, 0.6) is 0 Å². The Labute approximate surface area is 160 Å². The predicted octanol–water partition coefficient (Wildman–Crippen LogP) is 3.19. The molecule has 144 valence electrons. The SMILES string of the molecule is CC(CC(=O)N(C)CCC1CCCCN1C)C1CCCNC1.Cl.Cl. The molecule has 0 spiro atoms. The van der Waals surface area contributed by atoms with Crippen LogP contribution in [0.1, 0.15) is 51.9 Å². The van der Waals surface area contributed by atoms with E-state index in [1.807, 2.05) is 11.9 Å². The third kappa shape index (κ3) is 7.47. The fourth-order valence-corrected chi connectivity index (χ4v) is 3.94. The van der Waals surface area contributed by atoms with Gasteiger partial charge in [-0.2, -0.15) is 0 Å². The third-order valence-electron chi connectivity index (χ3n) is 5.78. The summed E-state index contributed by atoms with van der Waals surface area (Å²) in [6, 6.07) is 0.670. The van der Waals surface area contributed by atoms with Gasteiger partial charge in [-0.05, 0) is 70.6 Å². The van der Waals surface area contributed by atoms with Crippen molar-refractivity contribution in [3.05, 3.63) is 0 Å². The fraction of sp³-hybridized carbons (Fsp3) is 0.944. The minimum atomic E-state index is 0. The molecule has 0 bridgehead atoms. The Morgan fingerprint density at radius 3 is 2.62 bits per heavy atom. The van der Waals surface area contributed by atoms with Crippen molar-refractivity contribution in [2.24, 2.45) is 11.8 Å². The van der Waals surface area contributed by atoms with E-state index in [1.54, 1.807) is 0 Å². The van der Waals surface area contributed by atoms with Crippen LogP contribution < -0.4 is 5.32 Å². The third-order valence-corrected chi connectivity index (χ3v) is 5.78. The molecular formula is C18H37Cl2N3O. The molecule has 3 unspecified atom stereocenters. The molecule has 4 nitrogen and oxygen atoms in total. The van der Waals surface area contributed by atoms with E-state index >= 15 is 0 Å². The first-order chi connectivity index (χ1) is 10.6. The highest BCUT2D eigenvalue weighted by Crippen LogP contribution is 2.23. The van der Waals surface area contributed by atoms with Gasteiger partial charge in [0.15, 0.2) is 0 Å².